The lowest BCUT2D eigenvalue weighted by atomic mass is 10.1. The summed E-state index contributed by atoms with van der Waals surface area (Å²) in [4.78, 5) is 11.1. The van der Waals surface area contributed by atoms with Gasteiger partial charge in [-0.3, -0.25) is 4.79 Å². The van der Waals surface area contributed by atoms with Gasteiger partial charge in [0.2, 0.25) is 5.91 Å². The number of benzene rings is 2. The second-order valence-electron chi connectivity index (χ2n) is 4.08. The molecule has 0 saturated heterocycles. The number of aromatic hydroxyl groups is 1. The number of rotatable bonds is 4. The van der Waals surface area contributed by atoms with Crippen LogP contribution in [0, 0.1) is 0 Å². The summed E-state index contributed by atoms with van der Waals surface area (Å²) in [5.41, 5.74) is 7.25. The molecule has 0 aromatic heterocycles. The minimum absolute atomic E-state index is 0.220. The highest BCUT2D eigenvalue weighted by Crippen LogP contribution is 2.23. The Bertz CT molecular complexity index is 597. The van der Waals surface area contributed by atoms with E-state index < -0.39 is 5.91 Å². The fourth-order valence-electron chi connectivity index (χ4n) is 1.63. The maximum absolute atomic E-state index is 11.1. The Morgan fingerprint density at radius 2 is 1.89 bits per heavy atom. The third-order valence-corrected chi connectivity index (χ3v) is 3.00. The summed E-state index contributed by atoms with van der Waals surface area (Å²) >= 11 is 6.04. The van der Waals surface area contributed by atoms with E-state index in [1.807, 2.05) is 0 Å². The summed E-state index contributed by atoms with van der Waals surface area (Å²) in [6.07, 6.45) is 0. The molecule has 19 heavy (non-hydrogen) atoms. The van der Waals surface area contributed by atoms with Gasteiger partial charge in [0.05, 0.1) is 10.7 Å². The number of halogens is 1. The number of hydrogen-bond acceptors (Lipinski definition) is 3. The quantitative estimate of drug-likeness (QED) is 0.804. The summed E-state index contributed by atoms with van der Waals surface area (Å²) in [6.45, 7) is 0.530. The monoisotopic (exact) mass is 276 g/mol. The van der Waals surface area contributed by atoms with Crippen LogP contribution >= 0.6 is 11.6 Å². The molecule has 2 aromatic carbocycles. The molecule has 0 aliphatic carbocycles. The van der Waals surface area contributed by atoms with Crippen LogP contribution in [-0.2, 0) is 6.54 Å². The molecule has 4 nitrogen and oxygen atoms in total. The van der Waals surface area contributed by atoms with Crippen LogP contribution in [0.3, 0.4) is 0 Å². The van der Waals surface area contributed by atoms with Crippen molar-refractivity contribution in [3.8, 4) is 5.75 Å². The standard InChI is InChI=1S/C14H13ClN2O2/c15-12-6-3-10(14(16)19)7-13(12)17-8-9-1-4-11(18)5-2-9/h1-7,17-18H,8H2,(H2,16,19). The minimum atomic E-state index is -0.496. The average molecular weight is 277 g/mol. The molecule has 0 fully saturated rings. The molecule has 0 unspecified atom stereocenters. The van der Waals surface area contributed by atoms with Crippen LogP contribution in [0.4, 0.5) is 5.69 Å². The maximum Gasteiger partial charge on any atom is 0.248 e. The summed E-state index contributed by atoms with van der Waals surface area (Å²) in [5, 5.41) is 12.8. The number of carbonyl (C=O) groups excluding carboxylic acids is 1. The van der Waals surface area contributed by atoms with Crippen LogP contribution < -0.4 is 11.1 Å². The SMILES string of the molecule is NC(=O)c1ccc(Cl)c(NCc2ccc(O)cc2)c1. The van der Waals surface area contributed by atoms with Gasteiger partial charge in [0, 0.05) is 12.1 Å². The molecule has 98 valence electrons. The van der Waals surface area contributed by atoms with E-state index >= 15 is 0 Å². The number of primary amides is 1. The first-order valence-electron chi connectivity index (χ1n) is 5.67. The van der Waals surface area contributed by atoms with Crippen molar-refractivity contribution >= 4 is 23.2 Å². The highest BCUT2D eigenvalue weighted by Gasteiger charge is 2.05. The van der Waals surface area contributed by atoms with Gasteiger partial charge in [-0.2, -0.15) is 0 Å². The van der Waals surface area contributed by atoms with E-state index in [0.717, 1.165) is 5.56 Å². The molecule has 2 aromatic rings. The van der Waals surface area contributed by atoms with Crippen LogP contribution in [0.5, 0.6) is 5.75 Å². The Balaban J connectivity index is 2.12. The van der Waals surface area contributed by atoms with Gasteiger partial charge in [0.15, 0.2) is 0 Å². The van der Waals surface area contributed by atoms with Gasteiger partial charge in [-0.15, -0.1) is 0 Å². The number of phenols is 1. The van der Waals surface area contributed by atoms with Gasteiger partial charge in [-0.1, -0.05) is 23.7 Å². The Kier molecular flexibility index (Phi) is 3.92. The van der Waals surface area contributed by atoms with Crippen molar-refractivity contribution in [2.45, 2.75) is 6.54 Å². The van der Waals surface area contributed by atoms with Crippen LogP contribution in [0.15, 0.2) is 42.5 Å². The number of anilines is 1. The molecular formula is C14H13ClN2O2. The normalized spacial score (nSPS) is 10.2. The van der Waals surface area contributed by atoms with E-state index in [9.17, 15) is 9.90 Å². The molecule has 2 rings (SSSR count). The zero-order valence-corrected chi connectivity index (χ0v) is 10.8. The van der Waals surface area contributed by atoms with Gasteiger partial charge in [-0.25, -0.2) is 0 Å². The van der Waals surface area contributed by atoms with Crippen molar-refractivity contribution in [3.63, 3.8) is 0 Å². The van der Waals surface area contributed by atoms with Crippen molar-refractivity contribution in [2.75, 3.05) is 5.32 Å². The summed E-state index contributed by atoms with van der Waals surface area (Å²) in [6, 6.07) is 11.6. The molecule has 0 aliphatic heterocycles. The van der Waals surface area contributed by atoms with Gasteiger partial charge in [0.1, 0.15) is 5.75 Å². The summed E-state index contributed by atoms with van der Waals surface area (Å²) < 4.78 is 0. The number of carbonyl (C=O) groups is 1. The molecule has 0 bridgehead atoms. The van der Waals surface area contributed by atoms with E-state index in [1.165, 1.54) is 0 Å². The second kappa shape index (κ2) is 5.63. The number of phenolic OH excluding ortho intramolecular Hbond substituents is 1. The smallest absolute Gasteiger partial charge is 0.248 e. The highest BCUT2D eigenvalue weighted by molar-refractivity contribution is 6.33. The maximum atomic E-state index is 11.1. The van der Waals surface area contributed by atoms with E-state index in [-0.39, 0.29) is 5.75 Å². The number of nitrogens with one attached hydrogen (secondary N) is 1. The zero-order valence-electron chi connectivity index (χ0n) is 10.1. The fraction of sp³-hybridized carbons (Fsp3) is 0.0714. The Morgan fingerprint density at radius 3 is 2.53 bits per heavy atom. The lowest BCUT2D eigenvalue weighted by molar-refractivity contribution is 0.100. The topological polar surface area (TPSA) is 75.4 Å². The highest BCUT2D eigenvalue weighted by atomic mass is 35.5. The van der Waals surface area contributed by atoms with Gasteiger partial charge in [0.25, 0.3) is 0 Å². The predicted molar refractivity (Wildman–Crippen MR) is 75.4 cm³/mol. The fourth-order valence-corrected chi connectivity index (χ4v) is 1.81. The number of nitrogens with two attached hydrogens (primary N) is 1. The van der Waals surface area contributed by atoms with E-state index in [0.29, 0.717) is 22.8 Å². The molecule has 0 radical (unpaired) electrons. The first kappa shape index (κ1) is 13.2. The van der Waals surface area contributed by atoms with Crippen LogP contribution in [0.25, 0.3) is 0 Å². The van der Waals surface area contributed by atoms with Crippen molar-refractivity contribution in [1.82, 2.24) is 0 Å². The Labute approximate surface area is 115 Å². The van der Waals surface area contributed by atoms with Gasteiger partial charge >= 0.3 is 0 Å². The van der Waals surface area contributed by atoms with Crippen molar-refractivity contribution in [1.29, 1.82) is 0 Å². The average Bonchev–Trinajstić information content (AvgIpc) is 2.39. The summed E-state index contributed by atoms with van der Waals surface area (Å²) in [7, 11) is 0. The molecular weight excluding hydrogens is 264 g/mol. The van der Waals surface area contributed by atoms with E-state index in [1.54, 1.807) is 42.5 Å². The molecule has 0 heterocycles. The molecule has 5 heteroatoms. The number of amides is 1. The Hall–Kier alpha value is -2.20. The number of hydrogen-bond donors (Lipinski definition) is 3. The molecule has 0 atom stereocenters. The largest absolute Gasteiger partial charge is 0.508 e. The van der Waals surface area contributed by atoms with Crippen molar-refractivity contribution in [3.05, 3.63) is 58.6 Å². The first-order chi connectivity index (χ1) is 9.06. The predicted octanol–water partition coefficient (Wildman–Crippen LogP) is 2.76. The first-order valence-corrected chi connectivity index (χ1v) is 6.05. The second-order valence-corrected chi connectivity index (χ2v) is 4.49. The lowest BCUT2D eigenvalue weighted by Gasteiger charge is -2.09. The van der Waals surface area contributed by atoms with Gasteiger partial charge in [-0.05, 0) is 35.9 Å². The third-order valence-electron chi connectivity index (χ3n) is 2.67. The molecule has 1 amide bonds. The molecule has 0 aliphatic rings. The van der Waals surface area contributed by atoms with Crippen LogP contribution in [0.1, 0.15) is 15.9 Å². The molecule has 0 saturated carbocycles. The van der Waals surface area contributed by atoms with Crippen molar-refractivity contribution < 1.29 is 9.90 Å². The van der Waals surface area contributed by atoms with Crippen molar-refractivity contribution in [2.24, 2.45) is 5.73 Å². The third kappa shape index (κ3) is 3.39. The van der Waals surface area contributed by atoms with Gasteiger partial charge < -0.3 is 16.2 Å². The zero-order chi connectivity index (χ0) is 13.8. The summed E-state index contributed by atoms with van der Waals surface area (Å²) in [5.74, 6) is -0.276. The minimum Gasteiger partial charge on any atom is -0.508 e. The molecule has 0 spiro atoms. The molecule has 4 N–H and O–H groups in total. The van der Waals surface area contributed by atoms with Crippen LogP contribution in [0.2, 0.25) is 5.02 Å². The van der Waals surface area contributed by atoms with E-state index in [4.69, 9.17) is 17.3 Å². The van der Waals surface area contributed by atoms with E-state index in [2.05, 4.69) is 5.32 Å². The Morgan fingerprint density at radius 1 is 1.21 bits per heavy atom. The lowest BCUT2D eigenvalue weighted by Crippen LogP contribution is -2.11. The van der Waals surface area contributed by atoms with Crippen LogP contribution in [-0.4, -0.2) is 11.0 Å².